The van der Waals surface area contributed by atoms with Crippen molar-refractivity contribution in [1.29, 1.82) is 0 Å². The van der Waals surface area contributed by atoms with E-state index in [0.29, 0.717) is 28.7 Å². The molecule has 0 saturated carbocycles. The molecule has 7 heteroatoms. The summed E-state index contributed by atoms with van der Waals surface area (Å²) >= 11 is 5.89. The molecule has 6 nitrogen and oxygen atoms in total. The van der Waals surface area contributed by atoms with Crippen molar-refractivity contribution in [3.05, 3.63) is 136 Å². The second-order valence-corrected chi connectivity index (χ2v) is 8.31. The van der Waals surface area contributed by atoms with E-state index in [1.165, 1.54) is 12.3 Å². The number of rotatable bonds is 9. The molecule has 0 aromatic heterocycles. The van der Waals surface area contributed by atoms with Crippen LogP contribution in [0.15, 0.2) is 114 Å². The number of ether oxygens (including phenoxy) is 2. The largest absolute Gasteiger partial charge is 0.489 e. The highest BCUT2D eigenvalue weighted by molar-refractivity contribution is 6.30. The smallest absolute Gasteiger partial charge is 0.336 e. The maximum absolute atomic E-state index is 12.4. The fourth-order valence-electron chi connectivity index (χ4n) is 3.18. The van der Waals surface area contributed by atoms with Crippen molar-refractivity contribution in [2.45, 2.75) is 6.61 Å². The van der Waals surface area contributed by atoms with Crippen LogP contribution in [0.5, 0.6) is 11.5 Å². The van der Waals surface area contributed by atoms with Crippen LogP contribution in [0.4, 0.5) is 0 Å². The minimum Gasteiger partial charge on any atom is -0.489 e. The molecule has 0 fully saturated rings. The summed E-state index contributed by atoms with van der Waals surface area (Å²) in [7, 11) is 0. The van der Waals surface area contributed by atoms with Crippen molar-refractivity contribution in [3.8, 4) is 11.5 Å². The van der Waals surface area contributed by atoms with Crippen LogP contribution in [-0.4, -0.2) is 18.1 Å². The lowest BCUT2D eigenvalue weighted by atomic mass is 10.2. The lowest BCUT2D eigenvalue weighted by molar-refractivity contribution is -0.128. The van der Waals surface area contributed by atoms with E-state index in [9.17, 15) is 9.59 Å². The van der Waals surface area contributed by atoms with Gasteiger partial charge in [0.2, 0.25) is 0 Å². The van der Waals surface area contributed by atoms with Gasteiger partial charge in [-0.25, -0.2) is 10.2 Å². The molecule has 1 amide bonds. The van der Waals surface area contributed by atoms with E-state index in [-0.39, 0.29) is 5.91 Å². The van der Waals surface area contributed by atoms with E-state index in [2.05, 4.69) is 10.5 Å². The van der Waals surface area contributed by atoms with Crippen LogP contribution in [-0.2, 0) is 11.4 Å². The van der Waals surface area contributed by atoms with Gasteiger partial charge in [-0.3, -0.25) is 4.79 Å². The maximum atomic E-state index is 12.4. The number of hydrazone groups is 1. The maximum Gasteiger partial charge on any atom is 0.336 e. The molecule has 4 aromatic rings. The summed E-state index contributed by atoms with van der Waals surface area (Å²) in [6.07, 6.45) is 4.56. The average Bonchev–Trinajstić information content (AvgIpc) is 2.93. The van der Waals surface area contributed by atoms with Gasteiger partial charge in [0.05, 0.1) is 6.21 Å². The minimum absolute atomic E-state index is 0.351. The van der Waals surface area contributed by atoms with Crippen molar-refractivity contribution >= 4 is 35.8 Å². The molecule has 1 N–H and O–H groups in total. The van der Waals surface area contributed by atoms with Crippen LogP contribution in [0.2, 0.25) is 5.02 Å². The first-order valence-electron chi connectivity index (χ1n) is 11.4. The molecule has 0 aliphatic heterocycles. The molecular weight excluding hydrogens is 488 g/mol. The predicted molar refractivity (Wildman–Crippen MR) is 145 cm³/mol. The number of carbonyl (C=O) groups excluding carboxylic acids is 2. The summed E-state index contributed by atoms with van der Waals surface area (Å²) in [4.78, 5) is 24.3. The van der Waals surface area contributed by atoms with Gasteiger partial charge in [0.15, 0.2) is 0 Å². The van der Waals surface area contributed by atoms with E-state index < -0.39 is 5.97 Å². The molecule has 0 aliphatic carbocycles. The molecule has 37 heavy (non-hydrogen) atoms. The molecule has 0 bridgehead atoms. The Kier molecular flexibility index (Phi) is 8.83. The Morgan fingerprint density at radius 1 is 0.784 bits per heavy atom. The Labute approximate surface area is 219 Å². The van der Waals surface area contributed by atoms with Gasteiger partial charge >= 0.3 is 5.97 Å². The highest BCUT2D eigenvalue weighted by Crippen LogP contribution is 2.16. The van der Waals surface area contributed by atoms with Crippen molar-refractivity contribution in [2.24, 2.45) is 5.10 Å². The summed E-state index contributed by atoms with van der Waals surface area (Å²) in [5, 5.41) is 4.66. The Hall–Kier alpha value is -4.68. The lowest BCUT2D eigenvalue weighted by Gasteiger charge is -2.07. The molecule has 0 radical (unpaired) electrons. The van der Waals surface area contributed by atoms with E-state index in [1.54, 1.807) is 54.6 Å². The lowest BCUT2D eigenvalue weighted by Crippen LogP contribution is -2.17. The van der Waals surface area contributed by atoms with Gasteiger partial charge in [-0.2, -0.15) is 5.10 Å². The molecule has 0 heterocycles. The molecule has 0 atom stereocenters. The second-order valence-electron chi connectivity index (χ2n) is 7.87. The predicted octanol–water partition coefficient (Wildman–Crippen LogP) is 6.30. The van der Waals surface area contributed by atoms with Crippen molar-refractivity contribution < 1.29 is 19.1 Å². The average molecular weight is 511 g/mol. The third kappa shape index (κ3) is 8.19. The molecule has 0 saturated heterocycles. The zero-order chi connectivity index (χ0) is 25.9. The van der Waals surface area contributed by atoms with Gasteiger partial charge in [0.1, 0.15) is 18.1 Å². The summed E-state index contributed by atoms with van der Waals surface area (Å²) in [5.41, 5.74) is 5.57. The fraction of sp³-hybridized carbons (Fsp3) is 0.0333. The summed E-state index contributed by atoms with van der Waals surface area (Å²) in [6, 6.07) is 30.4. The first-order valence-corrected chi connectivity index (χ1v) is 11.8. The molecular formula is C30H23ClN2O4. The number of nitrogens with one attached hydrogen (secondary N) is 1. The van der Waals surface area contributed by atoms with Gasteiger partial charge in [-0.1, -0.05) is 54.1 Å². The summed E-state index contributed by atoms with van der Waals surface area (Å²) in [6.45, 7) is 0.398. The number of hydrogen-bond acceptors (Lipinski definition) is 5. The zero-order valence-electron chi connectivity index (χ0n) is 19.7. The SMILES string of the molecule is O=C(/C=C/c1ccccc1)Oc1ccc(/C=N/NC(=O)c2ccc(OCc3ccc(Cl)cc3)cc2)cc1. The van der Waals surface area contributed by atoms with Gasteiger partial charge in [-0.05, 0) is 83.4 Å². The Bertz CT molecular complexity index is 1380. The monoisotopic (exact) mass is 510 g/mol. The van der Waals surface area contributed by atoms with Crippen LogP contribution in [0.3, 0.4) is 0 Å². The molecule has 4 rings (SSSR count). The standard InChI is InChI=1S/C30H23ClN2O4/c31-26-13-6-24(7-14-26)21-36-27-17-11-25(12-18-27)30(35)33-32-20-23-8-15-28(16-9-23)37-29(34)19-10-22-4-2-1-3-5-22/h1-20H,21H2,(H,33,35)/b19-10+,32-20+. The van der Waals surface area contributed by atoms with Crippen LogP contribution in [0.25, 0.3) is 6.08 Å². The highest BCUT2D eigenvalue weighted by Gasteiger charge is 2.05. The number of hydrogen-bond donors (Lipinski definition) is 1. The van der Waals surface area contributed by atoms with Crippen molar-refractivity contribution in [3.63, 3.8) is 0 Å². The summed E-state index contributed by atoms with van der Waals surface area (Å²) < 4.78 is 11.0. The van der Waals surface area contributed by atoms with Crippen molar-refractivity contribution in [1.82, 2.24) is 5.43 Å². The van der Waals surface area contributed by atoms with E-state index in [0.717, 1.165) is 16.7 Å². The fourth-order valence-corrected chi connectivity index (χ4v) is 3.31. The molecule has 0 spiro atoms. The third-order valence-electron chi connectivity index (χ3n) is 5.12. The number of benzene rings is 4. The van der Waals surface area contributed by atoms with Crippen LogP contribution in [0.1, 0.15) is 27.0 Å². The van der Waals surface area contributed by atoms with Gasteiger partial charge in [0.25, 0.3) is 5.91 Å². The first kappa shape index (κ1) is 25.4. The molecule has 184 valence electrons. The van der Waals surface area contributed by atoms with Crippen LogP contribution < -0.4 is 14.9 Å². The number of esters is 1. The van der Waals surface area contributed by atoms with Gasteiger partial charge < -0.3 is 9.47 Å². The second kappa shape index (κ2) is 12.9. The van der Waals surface area contributed by atoms with Crippen LogP contribution >= 0.6 is 11.6 Å². The zero-order valence-corrected chi connectivity index (χ0v) is 20.5. The topological polar surface area (TPSA) is 77.0 Å². The van der Waals surface area contributed by atoms with Gasteiger partial charge in [-0.15, -0.1) is 0 Å². The normalized spacial score (nSPS) is 10.9. The number of nitrogens with zero attached hydrogens (tertiary/aromatic N) is 1. The quantitative estimate of drug-likeness (QED) is 0.0942. The van der Waals surface area contributed by atoms with Gasteiger partial charge in [0, 0.05) is 16.7 Å². The molecule has 0 aliphatic rings. The first-order chi connectivity index (χ1) is 18.0. The summed E-state index contributed by atoms with van der Waals surface area (Å²) in [5.74, 6) is 0.226. The Balaban J connectivity index is 1.23. The minimum atomic E-state index is -0.473. The molecule has 4 aromatic carbocycles. The van der Waals surface area contributed by atoms with E-state index in [4.69, 9.17) is 21.1 Å². The molecule has 0 unspecified atom stereocenters. The van der Waals surface area contributed by atoms with E-state index in [1.807, 2.05) is 54.6 Å². The third-order valence-corrected chi connectivity index (χ3v) is 5.38. The Morgan fingerprint density at radius 2 is 1.46 bits per heavy atom. The van der Waals surface area contributed by atoms with Crippen molar-refractivity contribution in [2.75, 3.05) is 0 Å². The highest BCUT2D eigenvalue weighted by atomic mass is 35.5. The van der Waals surface area contributed by atoms with Crippen LogP contribution in [0, 0.1) is 0 Å². The Morgan fingerprint density at radius 3 is 2.16 bits per heavy atom. The van der Waals surface area contributed by atoms with E-state index >= 15 is 0 Å². The number of carbonyl (C=O) groups is 2. The number of halogens is 1. The number of amides is 1.